The molecule has 0 spiro atoms. The molecule has 0 saturated heterocycles. The Kier molecular flexibility index (Phi) is 4.55. The molecule has 1 aromatic heterocycles. The molecule has 7 nitrogen and oxygen atoms in total. The molecule has 21 heavy (non-hydrogen) atoms. The number of hydrogen-bond acceptors (Lipinski definition) is 7. The molecule has 0 aliphatic rings. The Morgan fingerprint density at radius 1 is 1.14 bits per heavy atom. The monoisotopic (exact) mass is 288 g/mol. The van der Waals surface area contributed by atoms with Gasteiger partial charge in [-0.1, -0.05) is 25.1 Å². The summed E-state index contributed by atoms with van der Waals surface area (Å²) in [6.45, 7) is 2.36. The minimum Gasteiger partial charge on any atom is -0.476 e. The highest BCUT2D eigenvalue weighted by atomic mass is 16.5. The molecule has 0 atom stereocenters. The van der Waals surface area contributed by atoms with Crippen LogP contribution < -0.4 is 20.9 Å². The van der Waals surface area contributed by atoms with Crippen molar-refractivity contribution in [1.29, 1.82) is 0 Å². The third kappa shape index (κ3) is 3.59. The summed E-state index contributed by atoms with van der Waals surface area (Å²) < 4.78 is 10.5. The van der Waals surface area contributed by atoms with Crippen LogP contribution in [0.25, 0.3) is 0 Å². The fourth-order valence-electron chi connectivity index (χ4n) is 1.55. The van der Waals surface area contributed by atoms with Gasteiger partial charge in [0.15, 0.2) is 5.69 Å². The van der Waals surface area contributed by atoms with Crippen LogP contribution in [0.1, 0.15) is 23.7 Å². The Labute approximate surface area is 121 Å². The number of carbonyl (C=O) groups is 1. The molecule has 1 heterocycles. The number of esters is 1. The van der Waals surface area contributed by atoms with E-state index in [2.05, 4.69) is 9.97 Å². The number of benzene rings is 1. The number of nitrogens with zero attached hydrogens (tertiary/aromatic N) is 2. The van der Waals surface area contributed by atoms with Gasteiger partial charge in [-0.15, -0.1) is 0 Å². The normalized spacial score (nSPS) is 10.1. The van der Waals surface area contributed by atoms with Gasteiger partial charge < -0.3 is 20.9 Å². The van der Waals surface area contributed by atoms with Crippen molar-refractivity contribution in [1.82, 2.24) is 9.97 Å². The quantitative estimate of drug-likeness (QED) is 0.804. The second-order valence-corrected chi connectivity index (χ2v) is 4.21. The van der Waals surface area contributed by atoms with E-state index in [1.165, 1.54) is 0 Å². The minimum absolute atomic E-state index is 0.0435. The van der Waals surface area contributed by atoms with Gasteiger partial charge in [-0.25, -0.2) is 4.79 Å². The van der Waals surface area contributed by atoms with Gasteiger partial charge in [-0.2, -0.15) is 9.97 Å². The minimum atomic E-state index is -0.582. The van der Waals surface area contributed by atoms with Gasteiger partial charge in [0.25, 0.3) is 5.88 Å². The lowest BCUT2D eigenvalue weighted by atomic mass is 10.2. The number of carbonyl (C=O) groups excluding carboxylic acids is 1. The smallest absolute Gasteiger partial charge is 0.344 e. The molecule has 2 aromatic rings. The Balaban J connectivity index is 2.23. The number of hydrogen-bond donors (Lipinski definition) is 2. The van der Waals surface area contributed by atoms with Crippen molar-refractivity contribution in [3.05, 3.63) is 35.9 Å². The number of anilines is 2. The lowest BCUT2D eigenvalue weighted by Gasteiger charge is -2.11. The van der Waals surface area contributed by atoms with Crippen LogP contribution in [0.4, 0.5) is 11.6 Å². The van der Waals surface area contributed by atoms with Crippen LogP contribution in [0.3, 0.4) is 0 Å². The molecule has 1 aromatic carbocycles. The molecule has 2 rings (SSSR count). The van der Waals surface area contributed by atoms with Crippen molar-refractivity contribution in [3.63, 3.8) is 0 Å². The SMILES string of the molecule is CCCOc1nc(N)nc(OC(=O)c2ccccc2)c1N. The number of rotatable bonds is 5. The van der Waals surface area contributed by atoms with Gasteiger partial charge in [-0.3, -0.25) is 0 Å². The van der Waals surface area contributed by atoms with Crippen molar-refractivity contribution in [2.75, 3.05) is 18.1 Å². The lowest BCUT2D eigenvalue weighted by Crippen LogP contribution is -2.13. The van der Waals surface area contributed by atoms with E-state index in [0.717, 1.165) is 6.42 Å². The van der Waals surface area contributed by atoms with Crippen molar-refractivity contribution < 1.29 is 14.3 Å². The van der Waals surface area contributed by atoms with Gasteiger partial charge in [0.1, 0.15) is 0 Å². The Bertz CT molecular complexity index is 632. The maximum absolute atomic E-state index is 12.0. The second-order valence-electron chi connectivity index (χ2n) is 4.21. The highest BCUT2D eigenvalue weighted by Gasteiger charge is 2.17. The van der Waals surface area contributed by atoms with Crippen LogP contribution in [0, 0.1) is 0 Å². The summed E-state index contributed by atoms with van der Waals surface area (Å²) in [6.07, 6.45) is 0.780. The van der Waals surface area contributed by atoms with Crippen molar-refractivity contribution in [2.24, 2.45) is 0 Å². The second kappa shape index (κ2) is 6.56. The third-order valence-corrected chi connectivity index (χ3v) is 2.53. The van der Waals surface area contributed by atoms with Crippen LogP contribution in [0.2, 0.25) is 0 Å². The van der Waals surface area contributed by atoms with Crippen LogP contribution in [0.5, 0.6) is 11.8 Å². The molecule has 0 unspecified atom stereocenters. The number of aromatic nitrogens is 2. The fourth-order valence-corrected chi connectivity index (χ4v) is 1.55. The van der Waals surface area contributed by atoms with Crippen molar-refractivity contribution in [3.8, 4) is 11.8 Å². The standard InChI is InChI=1S/C14H16N4O3/c1-2-8-20-11-10(15)12(18-14(16)17-11)21-13(19)9-6-4-3-5-7-9/h3-7H,2,8,15H2,1H3,(H2,16,17,18). The summed E-state index contributed by atoms with van der Waals surface area (Å²) in [5, 5.41) is 0. The summed E-state index contributed by atoms with van der Waals surface area (Å²) in [5.41, 5.74) is 11.8. The number of ether oxygens (including phenoxy) is 2. The van der Waals surface area contributed by atoms with E-state index >= 15 is 0 Å². The van der Waals surface area contributed by atoms with E-state index in [9.17, 15) is 4.79 Å². The van der Waals surface area contributed by atoms with E-state index in [4.69, 9.17) is 20.9 Å². The van der Waals surface area contributed by atoms with E-state index < -0.39 is 5.97 Å². The predicted octanol–water partition coefficient (Wildman–Crippen LogP) is 1.65. The zero-order chi connectivity index (χ0) is 15.2. The van der Waals surface area contributed by atoms with Crippen LogP contribution in [-0.2, 0) is 0 Å². The zero-order valence-electron chi connectivity index (χ0n) is 11.6. The summed E-state index contributed by atoms with van der Waals surface area (Å²) in [7, 11) is 0. The summed E-state index contributed by atoms with van der Waals surface area (Å²) in [4.78, 5) is 19.7. The first kappa shape index (κ1) is 14.6. The van der Waals surface area contributed by atoms with Gasteiger partial charge in [-0.05, 0) is 18.6 Å². The van der Waals surface area contributed by atoms with E-state index in [1.54, 1.807) is 30.3 Å². The predicted molar refractivity (Wildman–Crippen MR) is 78.0 cm³/mol. The number of nitrogen functional groups attached to an aromatic ring is 2. The largest absolute Gasteiger partial charge is 0.476 e. The molecule has 0 fully saturated rings. The zero-order valence-corrected chi connectivity index (χ0v) is 11.6. The Morgan fingerprint density at radius 2 is 1.81 bits per heavy atom. The van der Waals surface area contributed by atoms with Gasteiger partial charge in [0.2, 0.25) is 11.8 Å². The van der Waals surface area contributed by atoms with E-state index in [0.29, 0.717) is 12.2 Å². The summed E-state index contributed by atoms with van der Waals surface area (Å²) in [6, 6.07) is 8.49. The summed E-state index contributed by atoms with van der Waals surface area (Å²) >= 11 is 0. The van der Waals surface area contributed by atoms with Crippen LogP contribution in [0.15, 0.2) is 30.3 Å². The highest BCUT2D eigenvalue weighted by molar-refractivity contribution is 5.91. The molecule has 0 aliphatic heterocycles. The first-order valence-corrected chi connectivity index (χ1v) is 6.44. The van der Waals surface area contributed by atoms with E-state index in [-0.39, 0.29) is 23.4 Å². The molecule has 110 valence electrons. The Hall–Kier alpha value is -2.83. The van der Waals surface area contributed by atoms with E-state index in [1.807, 2.05) is 6.92 Å². The summed E-state index contributed by atoms with van der Waals surface area (Å²) in [5.74, 6) is -0.657. The highest BCUT2D eigenvalue weighted by Crippen LogP contribution is 2.29. The molecular formula is C14H16N4O3. The van der Waals surface area contributed by atoms with Gasteiger partial charge in [0, 0.05) is 0 Å². The number of nitrogens with two attached hydrogens (primary N) is 2. The maximum Gasteiger partial charge on any atom is 0.344 e. The first-order valence-electron chi connectivity index (χ1n) is 6.44. The molecule has 0 aliphatic carbocycles. The van der Waals surface area contributed by atoms with Crippen LogP contribution in [-0.4, -0.2) is 22.5 Å². The molecule has 0 saturated carbocycles. The lowest BCUT2D eigenvalue weighted by molar-refractivity contribution is 0.0728. The molecule has 0 radical (unpaired) electrons. The molecular weight excluding hydrogens is 272 g/mol. The topological polar surface area (TPSA) is 113 Å². The average molecular weight is 288 g/mol. The fraction of sp³-hybridized carbons (Fsp3) is 0.214. The first-order chi connectivity index (χ1) is 10.1. The maximum atomic E-state index is 12.0. The van der Waals surface area contributed by atoms with Crippen LogP contribution >= 0.6 is 0 Å². The third-order valence-electron chi connectivity index (χ3n) is 2.53. The molecule has 7 heteroatoms. The van der Waals surface area contributed by atoms with Crippen molar-refractivity contribution >= 4 is 17.6 Å². The average Bonchev–Trinajstić information content (AvgIpc) is 2.50. The van der Waals surface area contributed by atoms with Crippen molar-refractivity contribution in [2.45, 2.75) is 13.3 Å². The molecule has 0 bridgehead atoms. The van der Waals surface area contributed by atoms with Gasteiger partial charge >= 0.3 is 5.97 Å². The molecule has 4 N–H and O–H groups in total. The van der Waals surface area contributed by atoms with Gasteiger partial charge in [0.05, 0.1) is 12.2 Å². The Morgan fingerprint density at radius 3 is 2.48 bits per heavy atom. The molecule has 0 amide bonds.